The van der Waals surface area contributed by atoms with E-state index in [9.17, 15) is 18.3 Å². The molecule has 12 heteroatoms. The van der Waals surface area contributed by atoms with Crippen molar-refractivity contribution in [3.05, 3.63) is 108 Å². The number of piperidine rings is 1. The van der Waals surface area contributed by atoms with Gasteiger partial charge in [-0.2, -0.15) is 10.2 Å². The highest BCUT2D eigenvalue weighted by molar-refractivity contribution is 5.81. The highest BCUT2D eigenvalue weighted by Gasteiger charge is 2.36. The van der Waals surface area contributed by atoms with E-state index in [0.29, 0.717) is 19.6 Å². The molecule has 228 valence electrons. The summed E-state index contributed by atoms with van der Waals surface area (Å²) < 4.78 is 45.3. The van der Waals surface area contributed by atoms with Crippen LogP contribution in [0.25, 0.3) is 22.4 Å². The lowest BCUT2D eigenvalue weighted by Crippen LogP contribution is -2.49. The highest BCUT2D eigenvalue weighted by atomic mass is 19.1. The van der Waals surface area contributed by atoms with E-state index in [1.54, 1.807) is 23.0 Å². The molecule has 9 nitrogen and oxygen atoms in total. The van der Waals surface area contributed by atoms with E-state index >= 15 is 0 Å². The van der Waals surface area contributed by atoms with Gasteiger partial charge >= 0.3 is 0 Å². The van der Waals surface area contributed by atoms with E-state index in [0.717, 1.165) is 52.9 Å². The van der Waals surface area contributed by atoms with Crippen molar-refractivity contribution in [2.45, 2.75) is 37.6 Å². The Balaban J connectivity index is 1.12. The first-order valence-electron chi connectivity index (χ1n) is 14.5. The van der Waals surface area contributed by atoms with Gasteiger partial charge in [-0.3, -0.25) is 14.6 Å². The van der Waals surface area contributed by atoms with Gasteiger partial charge < -0.3 is 10.4 Å². The number of hydrogen-bond donors (Lipinski definition) is 2. The van der Waals surface area contributed by atoms with Crippen LogP contribution in [-0.4, -0.2) is 65.2 Å². The summed E-state index contributed by atoms with van der Waals surface area (Å²) in [7, 11) is 1.86. The van der Waals surface area contributed by atoms with Gasteiger partial charge in [0.15, 0.2) is 0 Å². The first kappa shape index (κ1) is 29.7. The van der Waals surface area contributed by atoms with Crippen LogP contribution in [0.2, 0.25) is 0 Å². The molecule has 0 amide bonds. The molecule has 0 bridgehead atoms. The van der Waals surface area contributed by atoms with Gasteiger partial charge in [-0.1, -0.05) is 6.07 Å². The molecule has 3 aromatic heterocycles. The molecule has 0 spiro atoms. The second kappa shape index (κ2) is 12.7. The fraction of sp³-hybridized carbons (Fsp3) is 0.312. The van der Waals surface area contributed by atoms with Gasteiger partial charge in [-0.15, -0.1) is 0 Å². The maximum Gasteiger partial charge on any atom is 0.137 e. The first-order chi connectivity index (χ1) is 21.3. The fourth-order valence-corrected chi connectivity index (χ4v) is 5.93. The molecule has 1 aliphatic heterocycles. The first-order valence-corrected chi connectivity index (χ1v) is 14.5. The molecule has 1 fully saturated rings. The van der Waals surface area contributed by atoms with Crippen LogP contribution < -0.4 is 5.32 Å². The summed E-state index contributed by atoms with van der Waals surface area (Å²) in [6, 6.07) is 11.7. The number of benzene rings is 2. The van der Waals surface area contributed by atoms with Gasteiger partial charge in [-0.05, 0) is 73.5 Å². The van der Waals surface area contributed by atoms with Crippen molar-refractivity contribution < 1.29 is 18.3 Å². The number of rotatable bonds is 10. The van der Waals surface area contributed by atoms with Crippen molar-refractivity contribution in [1.82, 2.24) is 39.7 Å². The summed E-state index contributed by atoms with van der Waals surface area (Å²) in [5.74, 6) is -1.80. The molecule has 2 N–H and O–H groups in total. The number of β-amino-alcohol motifs (C(OH)–C–C–N with tert-alkyl or cyclic N) is 1. The summed E-state index contributed by atoms with van der Waals surface area (Å²) >= 11 is 0. The van der Waals surface area contributed by atoms with Crippen LogP contribution in [0, 0.1) is 17.5 Å². The predicted octanol–water partition coefficient (Wildman–Crippen LogP) is 4.30. The minimum absolute atomic E-state index is 0.0221. The number of pyridine rings is 1. The van der Waals surface area contributed by atoms with Crippen LogP contribution in [0.5, 0.6) is 0 Å². The van der Waals surface area contributed by atoms with Gasteiger partial charge in [0, 0.05) is 67.5 Å². The molecule has 1 saturated heterocycles. The SMILES string of the molecule is Cn1cc(-c2ccncc2CNC2CCN(CC(O)(Cn3cncn3)c3ccc(F)cc3F)CC2)c(-c2ccc(F)cc2)n1. The smallest absolute Gasteiger partial charge is 0.137 e. The van der Waals surface area contributed by atoms with Gasteiger partial charge in [-0.25, -0.2) is 22.8 Å². The summed E-state index contributed by atoms with van der Waals surface area (Å²) in [5.41, 5.74) is 2.93. The fourth-order valence-electron chi connectivity index (χ4n) is 5.93. The average Bonchev–Trinajstić information content (AvgIpc) is 3.66. The Kier molecular flexibility index (Phi) is 8.56. The molecule has 44 heavy (non-hydrogen) atoms. The van der Waals surface area contributed by atoms with Crippen LogP contribution in [0.15, 0.2) is 79.8 Å². The van der Waals surface area contributed by atoms with E-state index < -0.39 is 17.2 Å². The molecule has 5 aromatic rings. The maximum atomic E-state index is 14.8. The third-order valence-electron chi connectivity index (χ3n) is 8.12. The highest BCUT2D eigenvalue weighted by Crippen LogP contribution is 2.33. The molecule has 1 atom stereocenters. The second-order valence-corrected chi connectivity index (χ2v) is 11.3. The van der Waals surface area contributed by atoms with Crippen LogP contribution in [0.1, 0.15) is 24.0 Å². The summed E-state index contributed by atoms with van der Waals surface area (Å²) in [4.78, 5) is 10.4. The van der Waals surface area contributed by atoms with E-state index in [4.69, 9.17) is 0 Å². The van der Waals surface area contributed by atoms with Crippen molar-refractivity contribution in [2.75, 3.05) is 19.6 Å². The topological polar surface area (TPSA) is 96.9 Å². The number of aromatic nitrogens is 6. The predicted molar refractivity (Wildman–Crippen MR) is 158 cm³/mol. The molecule has 1 unspecified atom stereocenters. The Labute approximate surface area is 253 Å². The Morgan fingerprint density at radius 3 is 2.45 bits per heavy atom. The van der Waals surface area contributed by atoms with Crippen LogP contribution in [0.3, 0.4) is 0 Å². The van der Waals surface area contributed by atoms with Crippen molar-refractivity contribution in [1.29, 1.82) is 0 Å². The Bertz CT molecular complexity index is 1700. The number of aliphatic hydroxyl groups is 1. The van der Waals surface area contributed by atoms with E-state index in [-0.39, 0.29) is 30.5 Å². The van der Waals surface area contributed by atoms with Crippen LogP contribution >= 0.6 is 0 Å². The Morgan fingerprint density at radius 1 is 0.955 bits per heavy atom. The van der Waals surface area contributed by atoms with Gasteiger partial charge in [0.1, 0.15) is 41.4 Å². The molecule has 0 radical (unpaired) electrons. The lowest BCUT2D eigenvalue weighted by atomic mass is 9.91. The van der Waals surface area contributed by atoms with E-state index in [1.807, 2.05) is 25.5 Å². The largest absolute Gasteiger partial charge is 0.382 e. The zero-order valence-corrected chi connectivity index (χ0v) is 24.2. The van der Waals surface area contributed by atoms with Crippen LogP contribution in [-0.2, 0) is 25.7 Å². The monoisotopic (exact) mass is 602 g/mol. The molecule has 2 aromatic carbocycles. The lowest BCUT2D eigenvalue weighted by Gasteiger charge is -2.38. The molecule has 0 saturated carbocycles. The van der Waals surface area contributed by atoms with Crippen molar-refractivity contribution in [2.24, 2.45) is 7.05 Å². The summed E-state index contributed by atoms with van der Waals surface area (Å²) in [5, 5.41) is 24.1. The normalized spacial score (nSPS) is 15.8. The molecular formula is C32H33F3N8O. The molecule has 4 heterocycles. The third-order valence-corrected chi connectivity index (χ3v) is 8.12. The molecule has 0 aliphatic carbocycles. The number of hydrogen-bond acceptors (Lipinski definition) is 7. The third kappa shape index (κ3) is 6.57. The Hall–Kier alpha value is -4.39. The summed E-state index contributed by atoms with van der Waals surface area (Å²) in [6.45, 7) is 2.07. The second-order valence-electron chi connectivity index (χ2n) is 11.3. The number of likely N-dealkylation sites (tertiary alicyclic amines) is 1. The number of nitrogens with zero attached hydrogens (tertiary/aromatic N) is 7. The standard InChI is InChI=1S/C32H33F3N8O/c1-41-17-28(31(40-41)22-2-4-24(33)5-3-22)27-8-11-36-15-23(27)16-38-26-9-12-42(13-10-26)18-32(44,19-43-21-37-20-39-43)29-7-6-25(34)14-30(29)35/h2-8,11,14-15,17,20-21,26,38,44H,9-10,12-13,16,18-19H2,1H3. The average molecular weight is 603 g/mol. The number of halogens is 3. The van der Waals surface area contributed by atoms with Crippen molar-refractivity contribution in [3.63, 3.8) is 0 Å². The lowest BCUT2D eigenvalue weighted by molar-refractivity contribution is -0.0272. The van der Waals surface area contributed by atoms with Gasteiger partial charge in [0.25, 0.3) is 0 Å². The van der Waals surface area contributed by atoms with E-state index in [1.165, 1.54) is 35.5 Å². The van der Waals surface area contributed by atoms with Crippen molar-refractivity contribution >= 4 is 0 Å². The minimum Gasteiger partial charge on any atom is -0.382 e. The van der Waals surface area contributed by atoms with E-state index in [2.05, 4.69) is 30.4 Å². The van der Waals surface area contributed by atoms with Gasteiger partial charge in [0.2, 0.25) is 0 Å². The van der Waals surface area contributed by atoms with Crippen molar-refractivity contribution in [3.8, 4) is 22.4 Å². The molecular weight excluding hydrogens is 569 g/mol. The molecule has 1 aliphatic rings. The summed E-state index contributed by atoms with van der Waals surface area (Å²) in [6.07, 6.45) is 10.0. The zero-order chi connectivity index (χ0) is 30.7. The number of nitrogens with one attached hydrogen (secondary N) is 1. The maximum absolute atomic E-state index is 14.8. The number of aryl methyl sites for hydroxylation is 1. The van der Waals surface area contributed by atoms with Crippen LogP contribution in [0.4, 0.5) is 13.2 Å². The minimum atomic E-state index is -1.64. The molecule has 6 rings (SSSR count). The van der Waals surface area contributed by atoms with Gasteiger partial charge in [0.05, 0.1) is 6.54 Å². The quantitative estimate of drug-likeness (QED) is 0.246. The Morgan fingerprint density at radius 2 is 1.73 bits per heavy atom. The zero-order valence-electron chi connectivity index (χ0n) is 24.2.